The number of benzene rings is 1. The van der Waals surface area contributed by atoms with Crippen molar-refractivity contribution in [3.05, 3.63) is 29.8 Å². The monoisotopic (exact) mass is 338 g/mol. The molecule has 1 N–H and O–H groups in total. The Morgan fingerprint density at radius 1 is 1.26 bits per heavy atom. The minimum Gasteiger partial charge on any atom is -0.391 e. The Balaban J connectivity index is 1.52. The van der Waals surface area contributed by atoms with Crippen LogP contribution in [-0.2, 0) is 14.9 Å². The van der Waals surface area contributed by atoms with Crippen molar-refractivity contribution < 1.29 is 22.4 Å². The number of aliphatic hydroxyl groups is 1. The van der Waals surface area contributed by atoms with E-state index in [9.17, 15) is 13.5 Å². The Morgan fingerprint density at radius 3 is 2.52 bits per heavy atom. The van der Waals surface area contributed by atoms with Crippen molar-refractivity contribution in [3.63, 3.8) is 0 Å². The Bertz CT molecular complexity index is 698. The zero-order valence-corrected chi connectivity index (χ0v) is 14.1. The van der Waals surface area contributed by atoms with Crippen LogP contribution in [0, 0.1) is 11.8 Å². The van der Waals surface area contributed by atoms with Gasteiger partial charge >= 0.3 is 10.1 Å². The number of ether oxygens (including phenoxy) is 1. The number of epoxide rings is 1. The topological polar surface area (TPSA) is 76.1 Å². The average Bonchev–Trinajstić information content (AvgIpc) is 3.15. The van der Waals surface area contributed by atoms with E-state index >= 15 is 0 Å². The zero-order chi connectivity index (χ0) is 16.4. The standard InChI is InChI=1S/C17H22O5S/c1-3-9(2)10-4-6-11(7-5-10)22-23(19,20)17-13-8-12(14(17)18)15-16(13)21-15/h4-7,9,12-18H,3,8H2,1-2H3. The highest BCUT2D eigenvalue weighted by Crippen LogP contribution is 2.58. The second-order valence-electron chi connectivity index (χ2n) is 7.04. The molecule has 3 aliphatic rings. The number of fused-ring (bicyclic) bond motifs is 5. The summed E-state index contributed by atoms with van der Waals surface area (Å²) in [5.74, 6) is 0.544. The molecule has 1 aromatic carbocycles. The molecule has 126 valence electrons. The lowest BCUT2D eigenvalue weighted by atomic mass is 9.97. The van der Waals surface area contributed by atoms with Crippen LogP contribution in [0.25, 0.3) is 0 Å². The van der Waals surface area contributed by atoms with E-state index in [4.69, 9.17) is 8.92 Å². The maximum absolute atomic E-state index is 12.6. The van der Waals surface area contributed by atoms with Crippen LogP contribution in [0.5, 0.6) is 5.75 Å². The van der Waals surface area contributed by atoms with Crippen molar-refractivity contribution in [2.24, 2.45) is 11.8 Å². The van der Waals surface area contributed by atoms with E-state index < -0.39 is 21.5 Å². The molecule has 2 aliphatic carbocycles. The lowest BCUT2D eigenvalue weighted by Gasteiger charge is -2.24. The fourth-order valence-corrected chi connectivity index (χ4v) is 5.95. The van der Waals surface area contributed by atoms with E-state index in [0.717, 1.165) is 18.4 Å². The summed E-state index contributed by atoms with van der Waals surface area (Å²) in [6, 6.07) is 7.18. The van der Waals surface area contributed by atoms with Gasteiger partial charge in [-0.25, -0.2) is 0 Å². The Hall–Kier alpha value is -1.11. The fourth-order valence-electron chi connectivity index (χ4n) is 4.22. The molecule has 1 heterocycles. The summed E-state index contributed by atoms with van der Waals surface area (Å²) < 4.78 is 36.0. The molecule has 6 heteroatoms. The van der Waals surface area contributed by atoms with Crippen LogP contribution in [-0.4, -0.2) is 37.1 Å². The van der Waals surface area contributed by atoms with Crippen LogP contribution in [0.3, 0.4) is 0 Å². The summed E-state index contributed by atoms with van der Waals surface area (Å²) in [4.78, 5) is 0. The molecule has 0 amide bonds. The third kappa shape index (κ3) is 2.39. The first-order valence-corrected chi connectivity index (χ1v) is 9.76. The molecule has 2 saturated carbocycles. The molecule has 23 heavy (non-hydrogen) atoms. The summed E-state index contributed by atoms with van der Waals surface area (Å²) in [5, 5.41) is 9.43. The predicted octanol–water partition coefficient (Wildman–Crippen LogP) is 2.06. The molecular weight excluding hydrogens is 316 g/mol. The van der Waals surface area contributed by atoms with Crippen molar-refractivity contribution in [1.29, 1.82) is 0 Å². The molecule has 7 unspecified atom stereocenters. The van der Waals surface area contributed by atoms with Crippen molar-refractivity contribution >= 4 is 10.1 Å². The van der Waals surface area contributed by atoms with Gasteiger partial charge in [0.1, 0.15) is 11.0 Å². The van der Waals surface area contributed by atoms with Gasteiger partial charge in [-0.15, -0.1) is 0 Å². The van der Waals surface area contributed by atoms with Crippen LogP contribution >= 0.6 is 0 Å². The maximum atomic E-state index is 12.6. The highest BCUT2D eigenvalue weighted by molar-refractivity contribution is 7.87. The Morgan fingerprint density at radius 2 is 1.91 bits per heavy atom. The van der Waals surface area contributed by atoms with E-state index in [1.807, 2.05) is 12.1 Å². The molecule has 3 fully saturated rings. The van der Waals surface area contributed by atoms with E-state index in [-0.39, 0.29) is 24.0 Å². The third-order valence-corrected chi connectivity index (χ3v) is 7.47. The molecule has 0 aromatic heterocycles. The quantitative estimate of drug-likeness (QED) is 0.657. The summed E-state index contributed by atoms with van der Waals surface area (Å²) >= 11 is 0. The highest BCUT2D eigenvalue weighted by atomic mass is 32.2. The maximum Gasteiger partial charge on any atom is 0.315 e. The summed E-state index contributed by atoms with van der Waals surface area (Å²) in [7, 11) is -3.87. The van der Waals surface area contributed by atoms with Crippen LogP contribution < -0.4 is 4.18 Å². The SMILES string of the molecule is CCC(C)c1ccc(OS(=O)(=O)C2C(O)C3CC2C2OC32)cc1. The van der Waals surface area contributed by atoms with Crippen LogP contribution in [0.2, 0.25) is 0 Å². The predicted molar refractivity (Wildman–Crippen MR) is 84.7 cm³/mol. The largest absolute Gasteiger partial charge is 0.391 e. The number of hydrogen-bond acceptors (Lipinski definition) is 5. The normalized spacial score (nSPS) is 39.1. The molecule has 1 saturated heterocycles. The minimum atomic E-state index is -3.87. The smallest absolute Gasteiger partial charge is 0.315 e. The molecule has 5 nitrogen and oxygen atoms in total. The van der Waals surface area contributed by atoms with Crippen molar-refractivity contribution in [2.75, 3.05) is 0 Å². The molecule has 1 aromatic rings. The van der Waals surface area contributed by atoms with E-state index in [2.05, 4.69) is 13.8 Å². The average molecular weight is 338 g/mol. The van der Waals surface area contributed by atoms with E-state index in [1.165, 1.54) is 0 Å². The second kappa shape index (κ2) is 5.19. The lowest BCUT2D eigenvalue weighted by Crippen LogP contribution is -2.44. The molecule has 7 atom stereocenters. The van der Waals surface area contributed by atoms with Crippen molar-refractivity contribution in [1.82, 2.24) is 0 Å². The number of rotatable bonds is 5. The first kappa shape index (κ1) is 15.4. The van der Waals surface area contributed by atoms with Crippen molar-refractivity contribution in [2.45, 2.75) is 56.2 Å². The molecule has 2 bridgehead atoms. The minimum absolute atomic E-state index is 0.000412. The summed E-state index contributed by atoms with van der Waals surface area (Å²) in [5.41, 5.74) is 1.16. The van der Waals surface area contributed by atoms with Gasteiger partial charge in [-0.3, -0.25) is 0 Å². The van der Waals surface area contributed by atoms with Gasteiger partial charge in [0.05, 0.1) is 18.3 Å². The highest BCUT2D eigenvalue weighted by Gasteiger charge is 2.70. The molecule has 1 aliphatic heterocycles. The molecule has 0 spiro atoms. The van der Waals surface area contributed by atoms with Gasteiger partial charge in [0.25, 0.3) is 0 Å². The lowest BCUT2D eigenvalue weighted by molar-refractivity contribution is 0.114. The fraction of sp³-hybridized carbons (Fsp3) is 0.647. The molecule has 0 radical (unpaired) electrons. The molecular formula is C17H22O5S. The Kier molecular flexibility index (Phi) is 3.48. The zero-order valence-electron chi connectivity index (χ0n) is 13.3. The van der Waals surface area contributed by atoms with Gasteiger partial charge in [-0.1, -0.05) is 26.0 Å². The van der Waals surface area contributed by atoms with Gasteiger partial charge in [-0.05, 0) is 36.5 Å². The summed E-state index contributed by atoms with van der Waals surface area (Å²) in [6.45, 7) is 4.24. The van der Waals surface area contributed by atoms with Gasteiger partial charge in [-0.2, -0.15) is 8.42 Å². The van der Waals surface area contributed by atoms with Crippen molar-refractivity contribution in [3.8, 4) is 5.75 Å². The van der Waals surface area contributed by atoms with E-state index in [1.54, 1.807) is 12.1 Å². The first-order chi connectivity index (χ1) is 10.9. The Labute approximate surface area is 136 Å². The van der Waals surface area contributed by atoms with Crippen LogP contribution in [0.15, 0.2) is 24.3 Å². The molecule has 4 rings (SSSR count). The number of hydrogen-bond donors (Lipinski definition) is 1. The van der Waals surface area contributed by atoms with Gasteiger partial charge in [0.15, 0.2) is 0 Å². The third-order valence-electron chi connectivity index (χ3n) is 5.75. The van der Waals surface area contributed by atoms with Gasteiger partial charge in [0, 0.05) is 11.8 Å². The van der Waals surface area contributed by atoms with Crippen LogP contribution in [0.4, 0.5) is 0 Å². The van der Waals surface area contributed by atoms with Gasteiger partial charge in [0.2, 0.25) is 0 Å². The first-order valence-electron chi connectivity index (χ1n) is 8.29. The number of aliphatic hydroxyl groups excluding tert-OH is 1. The summed E-state index contributed by atoms with van der Waals surface area (Å²) in [6.07, 6.45) is 0.929. The van der Waals surface area contributed by atoms with Crippen LogP contribution in [0.1, 0.15) is 38.2 Å². The second-order valence-corrected chi connectivity index (χ2v) is 8.73. The van der Waals surface area contributed by atoms with Gasteiger partial charge < -0.3 is 14.0 Å². The van der Waals surface area contributed by atoms with E-state index in [0.29, 0.717) is 11.7 Å².